The van der Waals surface area contributed by atoms with Gasteiger partial charge in [0.2, 0.25) is 23.6 Å². The number of piperidine rings is 1. The number of likely N-dealkylation sites (N-methyl/N-ethyl adjacent to an activating group) is 2. The van der Waals surface area contributed by atoms with Crippen LogP contribution in [0.2, 0.25) is 0 Å². The molecule has 4 amide bonds. The second kappa shape index (κ2) is 19.9. The molecule has 3 fully saturated rings. The molecule has 0 spiro atoms. The zero-order chi connectivity index (χ0) is 41.6. The summed E-state index contributed by atoms with van der Waals surface area (Å²) in [5, 5.41) is 9.05. The third-order valence-electron chi connectivity index (χ3n) is 13.1. The molecule has 0 unspecified atom stereocenters. The summed E-state index contributed by atoms with van der Waals surface area (Å²) in [6.45, 7) is 10.4. The molecule has 11 atom stereocenters. The van der Waals surface area contributed by atoms with Crippen molar-refractivity contribution in [2.75, 3.05) is 40.6 Å². The lowest BCUT2D eigenvalue weighted by molar-refractivity contribution is -0.148. The quantitative estimate of drug-likeness (QED) is 0.172. The first-order valence-electron chi connectivity index (χ1n) is 20.9. The third kappa shape index (κ3) is 10.2. The van der Waals surface area contributed by atoms with Crippen molar-refractivity contribution in [3.8, 4) is 0 Å². The molecular weight excluding hydrogens is 743 g/mol. The number of nitrogens with two attached hydrogens (primary N) is 1. The van der Waals surface area contributed by atoms with E-state index >= 15 is 0 Å². The number of ether oxygens (including phenoxy) is 2. The van der Waals surface area contributed by atoms with Gasteiger partial charge >= 0.3 is 0 Å². The highest BCUT2D eigenvalue weighted by Crippen LogP contribution is 2.41. The smallest absolute Gasteiger partial charge is 0.245 e. The molecule has 316 valence electrons. The van der Waals surface area contributed by atoms with Gasteiger partial charge in [0.05, 0.1) is 48.7 Å². The number of thiazole rings is 1. The van der Waals surface area contributed by atoms with Gasteiger partial charge in [-0.1, -0.05) is 53.2 Å². The van der Waals surface area contributed by atoms with Crippen molar-refractivity contribution >= 4 is 40.7 Å². The number of nitrogens with one attached hydrogen (secondary N) is 2. The van der Waals surface area contributed by atoms with Crippen molar-refractivity contribution < 1.29 is 28.7 Å². The molecule has 2 aliphatic heterocycles. The van der Waals surface area contributed by atoms with E-state index in [1.54, 1.807) is 32.4 Å². The number of hydrogen-bond donors (Lipinski definition) is 3. The van der Waals surface area contributed by atoms with Crippen LogP contribution in [0.25, 0.3) is 0 Å². The molecule has 1 aromatic heterocycles. The van der Waals surface area contributed by atoms with Crippen molar-refractivity contribution in [2.45, 2.75) is 134 Å². The molecule has 3 aliphatic rings. The largest absolute Gasteiger partial charge is 0.399 e. The summed E-state index contributed by atoms with van der Waals surface area (Å²) >= 11 is 1.48. The number of nitrogens with zero attached hydrogens (tertiary/aromatic N) is 4. The van der Waals surface area contributed by atoms with Crippen LogP contribution in [-0.4, -0.2) is 121 Å². The van der Waals surface area contributed by atoms with E-state index in [2.05, 4.69) is 34.4 Å². The maximum Gasteiger partial charge on any atom is 0.245 e. The molecule has 14 heteroatoms. The van der Waals surface area contributed by atoms with E-state index in [1.165, 1.54) is 11.3 Å². The molecule has 1 aliphatic carbocycles. The Morgan fingerprint density at radius 3 is 2.42 bits per heavy atom. The second-order valence-corrected chi connectivity index (χ2v) is 18.0. The van der Waals surface area contributed by atoms with Gasteiger partial charge in [0.1, 0.15) is 11.0 Å². The average Bonchev–Trinajstić information content (AvgIpc) is 4.02. The molecule has 2 saturated heterocycles. The second-order valence-electron chi connectivity index (χ2n) is 17.0. The van der Waals surface area contributed by atoms with Crippen LogP contribution >= 0.6 is 11.3 Å². The van der Waals surface area contributed by atoms with Gasteiger partial charge in [0, 0.05) is 51.1 Å². The van der Waals surface area contributed by atoms with Crippen molar-refractivity contribution in [3.05, 3.63) is 46.4 Å². The Kier molecular flexibility index (Phi) is 15.5. The Labute approximate surface area is 343 Å². The van der Waals surface area contributed by atoms with Crippen LogP contribution in [0.3, 0.4) is 0 Å². The number of fused-ring (bicyclic) bond motifs is 2. The highest BCUT2D eigenvalue weighted by Gasteiger charge is 2.49. The molecule has 1 aromatic carbocycles. The maximum absolute atomic E-state index is 14.4. The first kappa shape index (κ1) is 44.5. The minimum atomic E-state index is -0.714. The lowest BCUT2D eigenvalue weighted by atomic mass is 9.89. The molecular formula is C43H67N7O6S. The van der Waals surface area contributed by atoms with Crippen LogP contribution in [0.15, 0.2) is 35.8 Å². The van der Waals surface area contributed by atoms with E-state index in [0.717, 1.165) is 42.7 Å². The third-order valence-corrected chi connectivity index (χ3v) is 14.0. The molecule has 1 saturated carbocycles. The number of amides is 4. The molecule has 4 N–H and O–H groups in total. The molecule has 2 aromatic rings. The first-order chi connectivity index (χ1) is 27.2. The van der Waals surface area contributed by atoms with Crippen LogP contribution in [0, 0.1) is 23.7 Å². The predicted octanol–water partition coefficient (Wildman–Crippen LogP) is 4.67. The van der Waals surface area contributed by atoms with Crippen LogP contribution in [0.1, 0.15) is 96.2 Å². The zero-order valence-corrected chi connectivity index (χ0v) is 36.3. The lowest BCUT2D eigenvalue weighted by Gasteiger charge is -2.41. The van der Waals surface area contributed by atoms with Crippen LogP contribution in [-0.2, 0) is 35.1 Å². The van der Waals surface area contributed by atoms with E-state index in [-0.39, 0.29) is 60.0 Å². The topological polar surface area (TPSA) is 159 Å². The standard InChI is InChI=1S/C43H67N7O6S/c1-10-26(4)37(49(7)43(54)36(25(2)3)47-41(53)38-29-16-17-31(23-29)48(38)6)34(55-8)24-35(51)50-19-12-15-33(50)39(56-9)27(5)40(52)46-32(42-45-18-20-57-42)22-28-13-11-14-30(44)21-28/h11,13-14,18,20-21,25-27,29,31-34,36-39H,10,12,15-17,19,22-24,44H2,1-9H3,(H,46,52)(H,47,53)/t26-,27+,29-,31+,32-,33-,34+,36-,37-,38-,39+/m0/s1. The maximum atomic E-state index is 14.4. The summed E-state index contributed by atoms with van der Waals surface area (Å²) in [5.74, 6) is -0.957. The monoisotopic (exact) mass is 809 g/mol. The highest BCUT2D eigenvalue weighted by molar-refractivity contribution is 7.09. The molecule has 0 radical (unpaired) electrons. The van der Waals surface area contributed by atoms with Gasteiger partial charge in [-0.15, -0.1) is 11.3 Å². The SMILES string of the molecule is CC[C@H](C)[C@@H]([C@@H](CC(=O)N1CCC[C@H]1[C@H](OC)[C@@H](C)C(=O)N[C@@H](Cc1cccc(N)c1)c1nccs1)OC)N(C)C(=O)[C@@H](NC(=O)[C@@H]1[C@H]2CC[C@H](C2)N1C)C(C)C. The predicted molar refractivity (Wildman–Crippen MR) is 223 cm³/mol. The van der Waals surface area contributed by atoms with E-state index in [1.807, 2.05) is 62.4 Å². The Balaban J connectivity index is 1.27. The van der Waals surface area contributed by atoms with Crippen molar-refractivity contribution in [1.82, 2.24) is 30.3 Å². The normalized spacial score (nSPS) is 24.4. The zero-order valence-electron chi connectivity index (χ0n) is 35.5. The van der Waals surface area contributed by atoms with E-state index < -0.39 is 30.2 Å². The van der Waals surface area contributed by atoms with Crippen molar-refractivity contribution in [3.63, 3.8) is 0 Å². The summed E-state index contributed by atoms with van der Waals surface area (Å²) in [6, 6.07) is 6.02. The van der Waals surface area contributed by atoms with E-state index in [4.69, 9.17) is 15.2 Å². The number of methoxy groups -OCH3 is 2. The number of aromatic nitrogens is 1. The van der Waals surface area contributed by atoms with Gasteiger partial charge in [0.15, 0.2) is 0 Å². The highest BCUT2D eigenvalue weighted by atomic mass is 32.1. The number of hydrogen-bond acceptors (Lipinski definition) is 10. The number of nitrogen functional groups attached to an aromatic ring is 1. The molecule has 3 heterocycles. The minimum Gasteiger partial charge on any atom is -0.399 e. The first-order valence-corrected chi connectivity index (χ1v) is 21.8. The molecule has 13 nitrogen and oxygen atoms in total. The Bertz CT molecular complexity index is 1660. The van der Waals surface area contributed by atoms with Gasteiger partial charge in [-0.25, -0.2) is 4.98 Å². The molecule has 5 rings (SSSR count). The number of likely N-dealkylation sites (tertiary alicyclic amines) is 2. The Hall–Kier alpha value is -3.59. The van der Waals surface area contributed by atoms with Crippen LogP contribution in [0.4, 0.5) is 5.69 Å². The van der Waals surface area contributed by atoms with E-state index in [9.17, 15) is 19.2 Å². The average molecular weight is 810 g/mol. The number of carbonyl (C=O) groups is 4. The Morgan fingerprint density at radius 2 is 1.82 bits per heavy atom. The van der Waals surface area contributed by atoms with Gasteiger partial charge in [-0.05, 0) is 81.0 Å². The van der Waals surface area contributed by atoms with Crippen LogP contribution in [0.5, 0.6) is 0 Å². The lowest BCUT2D eigenvalue weighted by Crippen LogP contribution is -2.60. The summed E-state index contributed by atoms with van der Waals surface area (Å²) in [6.07, 6.45) is 6.57. The fourth-order valence-corrected chi connectivity index (χ4v) is 10.4. The summed E-state index contributed by atoms with van der Waals surface area (Å²) in [5.41, 5.74) is 7.70. The summed E-state index contributed by atoms with van der Waals surface area (Å²) < 4.78 is 12.1. The van der Waals surface area contributed by atoms with Gasteiger partial charge < -0.3 is 35.6 Å². The van der Waals surface area contributed by atoms with Gasteiger partial charge in [-0.3, -0.25) is 24.1 Å². The van der Waals surface area contributed by atoms with Crippen molar-refractivity contribution in [1.29, 1.82) is 0 Å². The number of benzene rings is 1. The molecule has 2 bridgehead atoms. The minimum absolute atomic E-state index is 0.000150. The van der Waals surface area contributed by atoms with E-state index in [0.29, 0.717) is 37.0 Å². The molecule has 57 heavy (non-hydrogen) atoms. The summed E-state index contributed by atoms with van der Waals surface area (Å²) in [4.78, 5) is 66.6. The number of anilines is 1. The fraction of sp³-hybridized carbons (Fsp3) is 0.698. The van der Waals surface area contributed by atoms with Gasteiger partial charge in [-0.2, -0.15) is 0 Å². The van der Waals surface area contributed by atoms with Gasteiger partial charge in [0.25, 0.3) is 0 Å². The Morgan fingerprint density at radius 1 is 1.07 bits per heavy atom. The van der Waals surface area contributed by atoms with Crippen molar-refractivity contribution in [2.24, 2.45) is 23.7 Å². The fourth-order valence-electron chi connectivity index (χ4n) is 9.75. The number of rotatable bonds is 19. The summed E-state index contributed by atoms with van der Waals surface area (Å²) in [7, 11) is 6.97. The van der Waals surface area contributed by atoms with Crippen LogP contribution < -0.4 is 16.4 Å². The number of carbonyl (C=O) groups excluding carboxylic acids is 4.